The Morgan fingerprint density at radius 1 is 1.29 bits per heavy atom. The number of rotatable bonds is 0. The van der Waals surface area contributed by atoms with Crippen LogP contribution in [0.3, 0.4) is 0 Å². The Morgan fingerprint density at radius 3 is 2.64 bits per heavy atom. The average molecular weight is 188 g/mol. The molecule has 0 spiro atoms. The number of aromatic nitrogens is 2. The van der Waals surface area contributed by atoms with Gasteiger partial charge in [-0.2, -0.15) is 0 Å². The molecule has 2 nitrogen and oxygen atoms in total. The maximum atomic E-state index is 4.13. The lowest BCUT2D eigenvalue weighted by atomic mass is 9.85. The van der Waals surface area contributed by atoms with Crippen LogP contribution in [0.25, 0.3) is 5.52 Å². The fourth-order valence-corrected chi connectivity index (χ4v) is 1.88. The molecule has 2 aromatic rings. The van der Waals surface area contributed by atoms with Crippen molar-refractivity contribution in [1.82, 2.24) is 9.38 Å². The van der Waals surface area contributed by atoms with Crippen molar-refractivity contribution in [1.29, 1.82) is 0 Å². The second kappa shape index (κ2) is 2.84. The predicted molar refractivity (Wildman–Crippen MR) is 58.6 cm³/mol. The number of fused-ring (bicyclic) bond motifs is 1. The van der Waals surface area contributed by atoms with E-state index < -0.39 is 0 Å². The summed E-state index contributed by atoms with van der Waals surface area (Å²) < 4.78 is 2.06. The first-order valence-corrected chi connectivity index (χ1v) is 4.91. The summed E-state index contributed by atoms with van der Waals surface area (Å²) in [5, 5.41) is 0. The molecule has 0 saturated heterocycles. The van der Waals surface area contributed by atoms with E-state index >= 15 is 0 Å². The highest BCUT2D eigenvalue weighted by atomic mass is 15.0. The van der Waals surface area contributed by atoms with Crippen LogP contribution in [0, 0.1) is 6.92 Å². The van der Waals surface area contributed by atoms with E-state index in [1.807, 2.05) is 12.5 Å². The first-order chi connectivity index (χ1) is 6.48. The van der Waals surface area contributed by atoms with Crippen molar-refractivity contribution in [2.24, 2.45) is 0 Å². The van der Waals surface area contributed by atoms with Gasteiger partial charge in [0.2, 0.25) is 0 Å². The zero-order valence-corrected chi connectivity index (χ0v) is 9.20. The van der Waals surface area contributed by atoms with Gasteiger partial charge < -0.3 is 4.40 Å². The van der Waals surface area contributed by atoms with E-state index in [-0.39, 0.29) is 5.41 Å². The minimum absolute atomic E-state index is 0.204. The summed E-state index contributed by atoms with van der Waals surface area (Å²) in [5.74, 6) is 0. The molecule has 0 N–H and O–H groups in total. The first-order valence-electron chi connectivity index (χ1n) is 4.91. The molecule has 2 aromatic heterocycles. The second-order valence-corrected chi connectivity index (χ2v) is 4.85. The molecule has 0 unspecified atom stereocenters. The summed E-state index contributed by atoms with van der Waals surface area (Å²) >= 11 is 0. The Labute approximate surface area is 84.6 Å². The SMILES string of the molecule is Cc1cn2cncc2cc1C(C)(C)C. The largest absolute Gasteiger partial charge is 0.306 e. The molecule has 2 heterocycles. The van der Waals surface area contributed by atoms with Gasteiger partial charge in [-0.05, 0) is 29.5 Å². The van der Waals surface area contributed by atoms with Gasteiger partial charge in [-0.25, -0.2) is 4.98 Å². The van der Waals surface area contributed by atoms with E-state index in [2.05, 4.69) is 49.3 Å². The van der Waals surface area contributed by atoms with Crippen LogP contribution in [0.5, 0.6) is 0 Å². The summed E-state index contributed by atoms with van der Waals surface area (Å²) in [6, 6.07) is 2.22. The van der Waals surface area contributed by atoms with E-state index in [0.717, 1.165) is 0 Å². The monoisotopic (exact) mass is 188 g/mol. The van der Waals surface area contributed by atoms with Crippen molar-refractivity contribution in [3.63, 3.8) is 0 Å². The number of hydrogen-bond acceptors (Lipinski definition) is 1. The summed E-state index contributed by atoms with van der Waals surface area (Å²) in [5.41, 5.74) is 4.09. The third-order valence-electron chi connectivity index (χ3n) is 2.55. The highest BCUT2D eigenvalue weighted by molar-refractivity contribution is 5.50. The van der Waals surface area contributed by atoms with Gasteiger partial charge in [0.1, 0.15) is 0 Å². The third kappa shape index (κ3) is 1.41. The molecule has 0 saturated carbocycles. The molecule has 2 heteroatoms. The van der Waals surface area contributed by atoms with Crippen molar-refractivity contribution in [2.45, 2.75) is 33.1 Å². The van der Waals surface area contributed by atoms with E-state index in [0.29, 0.717) is 0 Å². The van der Waals surface area contributed by atoms with Gasteiger partial charge in [0.15, 0.2) is 0 Å². The molecule has 0 aliphatic heterocycles. The fraction of sp³-hybridized carbons (Fsp3) is 0.417. The lowest BCUT2D eigenvalue weighted by Gasteiger charge is -2.21. The molecule has 0 atom stereocenters. The Hall–Kier alpha value is -1.31. The van der Waals surface area contributed by atoms with Gasteiger partial charge >= 0.3 is 0 Å². The molecule has 0 amide bonds. The lowest BCUT2D eigenvalue weighted by molar-refractivity contribution is 0.585. The molecule has 0 aliphatic rings. The van der Waals surface area contributed by atoms with Crippen LogP contribution in [0.1, 0.15) is 31.9 Å². The van der Waals surface area contributed by atoms with E-state index in [9.17, 15) is 0 Å². The van der Waals surface area contributed by atoms with E-state index in [1.54, 1.807) is 0 Å². The molecular weight excluding hydrogens is 172 g/mol. The maximum absolute atomic E-state index is 4.13. The van der Waals surface area contributed by atoms with Gasteiger partial charge in [-0.1, -0.05) is 20.8 Å². The van der Waals surface area contributed by atoms with Crippen LogP contribution in [0.4, 0.5) is 0 Å². The van der Waals surface area contributed by atoms with Crippen LogP contribution in [0.2, 0.25) is 0 Å². The summed E-state index contributed by atoms with van der Waals surface area (Å²) in [6.07, 6.45) is 5.88. The van der Waals surface area contributed by atoms with Crippen molar-refractivity contribution < 1.29 is 0 Å². The normalized spacial score (nSPS) is 12.3. The van der Waals surface area contributed by atoms with Crippen LogP contribution < -0.4 is 0 Å². The minimum Gasteiger partial charge on any atom is -0.306 e. The Morgan fingerprint density at radius 2 is 2.00 bits per heavy atom. The number of aryl methyl sites for hydroxylation is 1. The molecule has 74 valence electrons. The molecule has 14 heavy (non-hydrogen) atoms. The summed E-state index contributed by atoms with van der Waals surface area (Å²) in [7, 11) is 0. The molecule has 2 rings (SSSR count). The van der Waals surface area contributed by atoms with Gasteiger partial charge in [0.25, 0.3) is 0 Å². The Balaban J connectivity index is 2.71. The minimum atomic E-state index is 0.204. The van der Waals surface area contributed by atoms with Gasteiger partial charge in [-0.15, -0.1) is 0 Å². The maximum Gasteiger partial charge on any atom is 0.0992 e. The number of imidazole rings is 1. The molecule has 0 fully saturated rings. The van der Waals surface area contributed by atoms with Crippen LogP contribution in [0.15, 0.2) is 24.8 Å². The molecule has 0 aromatic carbocycles. The fourth-order valence-electron chi connectivity index (χ4n) is 1.88. The topological polar surface area (TPSA) is 17.3 Å². The Kier molecular flexibility index (Phi) is 1.88. The zero-order valence-electron chi connectivity index (χ0n) is 9.20. The Bertz CT molecular complexity index is 461. The van der Waals surface area contributed by atoms with Crippen molar-refractivity contribution >= 4 is 5.52 Å². The number of hydrogen-bond donors (Lipinski definition) is 0. The third-order valence-corrected chi connectivity index (χ3v) is 2.55. The summed E-state index contributed by atoms with van der Waals surface area (Å²) in [4.78, 5) is 4.13. The smallest absolute Gasteiger partial charge is 0.0992 e. The predicted octanol–water partition coefficient (Wildman–Crippen LogP) is 2.94. The zero-order chi connectivity index (χ0) is 10.3. The van der Waals surface area contributed by atoms with Crippen molar-refractivity contribution in [3.8, 4) is 0 Å². The van der Waals surface area contributed by atoms with Gasteiger partial charge in [0.05, 0.1) is 18.0 Å². The summed E-state index contributed by atoms with van der Waals surface area (Å²) in [6.45, 7) is 8.87. The lowest BCUT2D eigenvalue weighted by Crippen LogP contribution is -2.13. The number of nitrogens with zero attached hydrogens (tertiary/aromatic N) is 2. The van der Waals surface area contributed by atoms with Crippen molar-refractivity contribution in [2.75, 3.05) is 0 Å². The van der Waals surface area contributed by atoms with Gasteiger partial charge in [-0.3, -0.25) is 0 Å². The van der Waals surface area contributed by atoms with Crippen LogP contribution in [-0.4, -0.2) is 9.38 Å². The molecular formula is C12H16N2. The van der Waals surface area contributed by atoms with Gasteiger partial charge in [0, 0.05) is 6.20 Å². The second-order valence-electron chi connectivity index (χ2n) is 4.85. The molecule has 0 aliphatic carbocycles. The standard InChI is InChI=1S/C12H16N2/c1-9-7-14-8-13-6-10(14)5-11(9)12(2,3)4/h5-8H,1-4H3. The van der Waals surface area contributed by atoms with Crippen molar-refractivity contribution in [3.05, 3.63) is 35.9 Å². The highest BCUT2D eigenvalue weighted by Gasteiger charge is 2.16. The number of pyridine rings is 1. The molecule has 0 radical (unpaired) electrons. The quantitative estimate of drug-likeness (QED) is 0.621. The van der Waals surface area contributed by atoms with E-state index in [1.165, 1.54) is 16.6 Å². The first kappa shape index (κ1) is 9.25. The highest BCUT2D eigenvalue weighted by Crippen LogP contribution is 2.26. The van der Waals surface area contributed by atoms with E-state index in [4.69, 9.17) is 0 Å². The van der Waals surface area contributed by atoms with Crippen LogP contribution >= 0.6 is 0 Å². The average Bonchev–Trinajstić information content (AvgIpc) is 2.47. The molecule has 0 bridgehead atoms. The van der Waals surface area contributed by atoms with Crippen LogP contribution in [-0.2, 0) is 5.41 Å².